The molecule has 1 heterocycles. The Morgan fingerprint density at radius 2 is 1.74 bits per heavy atom. The number of amides is 2. The standard InChI is InChI=1S/C22H30N2O3/c1-22(9-10-22)18-5-3-15(4-6-18)16-7-11-24(12-8-16)20(25)17-13-19(14-17)23-21(26)27-2/h3-6,16-17,19H,7-14H2,1-2H3,(H,23,26). The number of hydrogen-bond acceptors (Lipinski definition) is 3. The summed E-state index contributed by atoms with van der Waals surface area (Å²) in [5, 5.41) is 2.77. The lowest BCUT2D eigenvalue weighted by Gasteiger charge is -2.40. The Morgan fingerprint density at radius 1 is 1.11 bits per heavy atom. The van der Waals surface area contributed by atoms with Gasteiger partial charge >= 0.3 is 6.09 Å². The number of nitrogens with zero attached hydrogens (tertiary/aromatic N) is 1. The molecule has 2 amide bonds. The van der Waals surface area contributed by atoms with E-state index in [1.165, 1.54) is 31.1 Å². The number of alkyl carbamates (subject to hydrolysis) is 1. The fourth-order valence-corrected chi connectivity index (χ4v) is 4.49. The minimum absolute atomic E-state index is 0.0577. The van der Waals surface area contributed by atoms with Crippen LogP contribution < -0.4 is 5.32 Å². The Labute approximate surface area is 161 Å². The van der Waals surface area contributed by atoms with Crippen molar-refractivity contribution in [3.05, 3.63) is 35.4 Å². The van der Waals surface area contributed by atoms with Crippen molar-refractivity contribution >= 4 is 12.0 Å². The molecular formula is C22H30N2O3. The molecule has 2 aliphatic carbocycles. The second-order valence-corrected chi connectivity index (χ2v) is 8.78. The number of ether oxygens (including phenoxy) is 1. The summed E-state index contributed by atoms with van der Waals surface area (Å²) in [5.41, 5.74) is 3.32. The number of rotatable bonds is 4. The van der Waals surface area contributed by atoms with Crippen molar-refractivity contribution < 1.29 is 14.3 Å². The Balaban J connectivity index is 1.24. The van der Waals surface area contributed by atoms with Gasteiger partial charge in [0.25, 0.3) is 0 Å². The van der Waals surface area contributed by atoms with Gasteiger partial charge in [0.2, 0.25) is 5.91 Å². The predicted molar refractivity (Wildman–Crippen MR) is 104 cm³/mol. The van der Waals surface area contributed by atoms with E-state index in [4.69, 9.17) is 0 Å². The fraction of sp³-hybridized carbons (Fsp3) is 0.636. The van der Waals surface area contributed by atoms with Crippen LogP contribution in [0, 0.1) is 5.92 Å². The van der Waals surface area contributed by atoms with Crippen LogP contribution in [0.15, 0.2) is 24.3 Å². The van der Waals surface area contributed by atoms with Crippen molar-refractivity contribution in [2.24, 2.45) is 5.92 Å². The van der Waals surface area contributed by atoms with Crippen LogP contribution >= 0.6 is 0 Å². The highest BCUT2D eigenvalue weighted by Gasteiger charge is 2.40. The maximum Gasteiger partial charge on any atom is 0.407 e. The number of likely N-dealkylation sites (tertiary alicyclic amines) is 1. The van der Waals surface area contributed by atoms with Gasteiger partial charge < -0.3 is 15.0 Å². The van der Waals surface area contributed by atoms with E-state index in [2.05, 4.69) is 41.2 Å². The number of benzene rings is 1. The van der Waals surface area contributed by atoms with E-state index < -0.39 is 6.09 Å². The van der Waals surface area contributed by atoms with Gasteiger partial charge in [0.1, 0.15) is 0 Å². The third-order valence-electron chi connectivity index (χ3n) is 6.88. The van der Waals surface area contributed by atoms with E-state index in [1.807, 2.05) is 4.90 Å². The lowest BCUT2D eigenvalue weighted by Crippen LogP contribution is -2.51. The second-order valence-electron chi connectivity index (χ2n) is 8.78. The van der Waals surface area contributed by atoms with Crippen LogP contribution in [0.3, 0.4) is 0 Å². The highest BCUT2D eigenvalue weighted by Crippen LogP contribution is 2.47. The summed E-state index contributed by atoms with van der Waals surface area (Å²) < 4.78 is 4.61. The molecule has 1 aromatic rings. The normalized spacial score (nSPS) is 26.8. The average Bonchev–Trinajstić information content (AvgIpc) is 3.42. The Morgan fingerprint density at radius 3 is 2.30 bits per heavy atom. The van der Waals surface area contributed by atoms with Gasteiger partial charge in [-0.15, -0.1) is 0 Å². The predicted octanol–water partition coefficient (Wildman–Crippen LogP) is 3.58. The summed E-state index contributed by atoms with van der Waals surface area (Å²) in [6.07, 6.45) is 5.75. The van der Waals surface area contributed by atoms with Gasteiger partial charge in [-0.3, -0.25) is 4.79 Å². The van der Waals surface area contributed by atoms with Crippen LogP contribution in [0.2, 0.25) is 0 Å². The highest BCUT2D eigenvalue weighted by molar-refractivity contribution is 5.80. The number of hydrogen-bond donors (Lipinski definition) is 1. The molecule has 146 valence electrons. The van der Waals surface area contributed by atoms with Gasteiger partial charge in [0.15, 0.2) is 0 Å². The lowest BCUT2D eigenvalue weighted by molar-refractivity contribution is -0.140. The number of methoxy groups -OCH3 is 1. The number of piperidine rings is 1. The first-order valence-electron chi connectivity index (χ1n) is 10.2. The molecular weight excluding hydrogens is 340 g/mol. The molecule has 3 fully saturated rings. The molecule has 1 aliphatic heterocycles. The molecule has 2 saturated carbocycles. The highest BCUT2D eigenvalue weighted by atomic mass is 16.5. The minimum atomic E-state index is -0.409. The maximum absolute atomic E-state index is 12.7. The van der Waals surface area contributed by atoms with Crippen LogP contribution in [0.25, 0.3) is 0 Å². The van der Waals surface area contributed by atoms with E-state index >= 15 is 0 Å². The smallest absolute Gasteiger partial charge is 0.407 e. The average molecular weight is 370 g/mol. The first kappa shape index (κ1) is 18.3. The molecule has 0 unspecified atom stereocenters. The van der Waals surface area contributed by atoms with Crippen molar-refractivity contribution in [1.82, 2.24) is 10.2 Å². The number of nitrogens with one attached hydrogen (secondary N) is 1. The van der Waals surface area contributed by atoms with Crippen molar-refractivity contribution in [2.45, 2.75) is 62.8 Å². The topological polar surface area (TPSA) is 58.6 Å². The summed E-state index contributed by atoms with van der Waals surface area (Å²) in [4.78, 5) is 25.9. The van der Waals surface area contributed by atoms with Gasteiger partial charge in [-0.25, -0.2) is 4.79 Å². The van der Waals surface area contributed by atoms with Crippen molar-refractivity contribution in [1.29, 1.82) is 0 Å². The first-order chi connectivity index (χ1) is 13.0. The zero-order valence-electron chi connectivity index (χ0n) is 16.4. The van der Waals surface area contributed by atoms with Crippen LogP contribution in [-0.4, -0.2) is 43.1 Å². The summed E-state index contributed by atoms with van der Waals surface area (Å²) in [6.45, 7) is 4.03. The molecule has 27 heavy (non-hydrogen) atoms. The summed E-state index contributed by atoms with van der Waals surface area (Å²) in [7, 11) is 1.36. The number of carbonyl (C=O) groups excluding carboxylic acids is 2. The van der Waals surface area contributed by atoms with Gasteiger partial charge in [-0.1, -0.05) is 31.2 Å². The van der Waals surface area contributed by atoms with E-state index in [0.717, 1.165) is 38.8 Å². The lowest BCUT2D eigenvalue weighted by atomic mass is 9.78. The van der Waals surface area contributed by atoms with E-state index in [9.17, 15) is 9.59 Å². The summed E-state index contributed by atoms with van der Waals surface area (Å²) >= 11 is 0. The van der Waals surface area contributed by atoms with Crippen LogP contribution in [0.1, 0.15) is 62.5 Å². The molecule has 3 aliphatic rings. The SMILES string of the molecule is COC(=O)NC1CC(C(=O)N2CCC(c3ccc(C4(C)CC4)cc3)CC2)C1. The third kappa shape index (κ3) is 3.83. The summed E-state index contributed by atoms with van der Waals surface area (Å²) in [5.74, 6) is 0.876. The first-order valence-corrected chi connectivity index (χ1v) is 10.2. The van der Waals surface area contributed by atoms with E-state index in [-0.39, 0.29) is 17.9 Å². The second kappa shape index (κ2) is 7.17. The molecule has 0 atom stereocenters. The van der Waals surface area contributed by atoms with Gasteiger partial charge in [-0.2, -0.15) is 0 Å². The molecule has 4 rings (SSSR count). The molecule has 0 aromatic heterocycles. The molecule has 0 radical (unpaired) electrons. The molecule has 5 heteroatoms. The summed E-state index contributed by atoms with van der Waals surface area (Å²) in [6, 6.07) is 9.30. The zero-order valence-corrected chi connectivity index (χ0v) is 16.4. The fourth-order valence-electron chi connectivity index (χ4n) is 4.49. The Hall–Kier alpha value is -2.04. The Bertz CT molecular complexity index is 697. The Kier molecular flexibility index (Phi) is 4.87. The molecule has 0 spiro atoms. The van der Waals surface area contributed by atoms with Crippen molar-refractivity contribution in [3.63, 3.8) is 0 Å². The van der Waals surface area contributed by atoms with Gasteiger partial charge in [0.05, 0.1) is 7.11 Å². The molecule has 1 aromatic carbocycles. The van der Waals surface area contributed by atoms with E-state index in [1.54, 1.807) is 0 Å². The molecule has 5 nitrogen and oxygen atoms in total. The van der Waals surface area contributed by atoms with Gasteiger partial charge in [0, 0.05) is 25.0 Å². The van der Waals surface area contributed by atoms with Crippen molar-refractivity contribution in [2.75, 3.05) is 20.2 Å². The third-order valence-corrected chi connectivity index (χ3v) is 6.88. The van der Waals surface area contributed by atoms with Crippen LogP contribution in [-0.2, 0) is 14.9 Å². The largest absolute Gasteiger partial charge is 0.453 e. The number of carbonyl (C=O) groups is 2. The van der Waals surface area contributed by atoms with Crippen LogP contribution in [0.5, 0.6) is 0 Å². The zero-order chi connectivity index (χ0) is 19.0. The molecule has 1 saturated heterocycles. The monoisotopic (exact) mass is 370 g/mol. The minimum Gasteiger partial charge on any atom is -0.453 e. The molecule has 0 bridgehead atoms. The van der Waals surface area contributed by atoms with Gasteiger partial charge in [-0.05, 0) is 61.0 Å². The van der Waals surface area contributed by atoms with E-state index in [0.29, 0.717) is 11.3 Å². The molecule has 1 N–H and O–H groups in total. The van der Waals surface area contributed by atoms with Crippen molar-refractivity contribution in [3.8, 4) is 0 Å². The quantitative estimate of drug-likeness (QED) is 0.881. The maximum atomic E-state index is 12.7. The van der Waals surface area contributed by atoms with Crippen LogP contribution in [0.4, 0.5) is 4.79 Å².